The maximum atomic E-state index is 13.5. The molecule has 1 aliphatic rings. The summed E-state index contributed by atoms with van der Waals surface area (Å²) in [6, 6.07) is 16.2. The molecule has 1 amide bonds. The van der Waals surface area contributed by atoms with Gasteiger partial charge in [-0.15, -0.1) is 0 Å². The number of ether oxygens (including phenoxy) is 1. The van der Waals surface area contributed by atoms with E-state index in [-0.39, 0.29) is 17.5 Å². The van der Waals surface area contributed by atoms with Crippen molar-refractivity contribution >= 4 is 16.8 Å². The lowest BCUT2D eigenvalue weighted by Crippen LogP contribution is -2.31. The molecule has 1 fully saturated rings. The zero-order valence-corrected chi connectivity index (χ0v) is 19.9. The molecule has 3 aromatic carbocycles. The highest BCUT2D eigenvalue weighted by molar-refractivity contribution is 5.94. The Morgan fingerprint density at radius 2 is 1.69 bits per heavy atom. The highest BCUT2D eigenvalue weighted by Gasteiger charge is 2.24. The van der Waals surface area contributed by atoms with Gasteiger partial charge in [0.1, 0.15) is 5.75 Å². The van der Waals surface area contributed by atoms with E-state index < -0.39 is 23.3 Å². The molecule has 6 nitrogen and oxygen atoms in total. The Bertz CT molecular complexity index is 1370. The first-order valence-electron chi connectivity index (χ1n) is 12.0. The number of aromatic hydroxyl groups is 1. The largest absolute Gasteiger partial charge is 0.503 e. The highest BCUT2D eigenvalue weighted by atomic mass is 19.1. The van der Waals surface area contributed by atoms with Crippen LogP contribution < -0.4 is 10.1 Å². The van der Waals surface area contributed by atoms with Gasteiger partial charge in [-0.25, -0.2) is 8.78 Å². The molecule has 0 bridgehead atoms. The van der Waals surface area contributed by atoms with Gasteiger partial charge in [0.15, 0.2) is 17.4 Å². The van der Waals surface area contributed by atoms with Crippen LogP contribution in [0.1, 0.15) is 42.1 Å². The molecule has 0 unspecified atom stereocenters. The molecule has 1 aromatic heterocycles. The van der Waals surface area contributed by atoms with E-state index in [0.717, 1.165) is 65.6 Å². The Morgan fingerprint density at radius 3 is 2.36 bits per heavy atom. The van der Waals surface area contributed by atoms with Crippen molar-refractivity contribution in [1.29, 1.82) is 0 Å². The second-order valence-corrected chi connectivity index (χ2v) is 9.28. The number of aromatic nitrogens is 2. The molecule has 1 heterocycles. The van der Waals surface area contributed by atoms with Gasteiger partial charge in [0, 0.05) is 23.7 Å². The minimum Gasteiger partial charge on any atom is -0.503 e. The lowest BCUT2D eigenvalue weighted by Gasteiger charge is -2.28. The molecule has 8 heteroatoms. The van der Waals surface area contributed by atoms with E-state index in [1.54, 1.807) is 7.11 Å². The third-order valence-corrected chi connectivity index (χ3v) is 6.97. The Hall–Kier alpha value is -3.94. The Labute approximate surface area is 207 Å². The van der Waals surface area contributed by atoms with Gasteiger partial charge in [-0.3, -0.25) is 9.48 Å². The maximum absolute atomic E-state index is 13.5. The third-order valence-electron chi connectivity index (χ3n) is 6.97. The topological polar surface area (TPSA) is 76.4 Å². The monoisotopic (exact) mass is 491 g/mol. The van der Waals surface area contributed by atoms with Crippen LogP contribution in [0.4, 0.5) is 8.78 Å². The quantitative estimate of drug-likeness (QED) is 0.354. The van der Waals surface area contributed by atoms with Crippen molar-refractivity contribution in [3.05, 3.63) is 78.0 Å². The molecular weight excluding hydrogens is 464 g/mol. The fourth-order valence-electron chi connectivity index (χ4n) is 4.83. The summed E-state index contributed by atoms with van der Waals surface area (Å²) in [5.41, 5.74) is 3.01. The molecule has 2 N–H and O–H groups in total. The van der Waals surface area contributed by atoms with Crippen LogP contribution in [0.5, 0.6) is 11.5 Å². The van der Waals surface area contributed by atoms with Gasteiger partial charge in [-0.2, -0.15) is 5.10 Å². The molecule has 0 saturated heterocycles. The second-order valence-electron chi connectivity index (χ2n) is 9.28. The molecule has 36 heavy (non-hydrogen) atoms. The summed E-state index contributed by atoms with van der Waals surface area (Å²) in [4.78, 5) is 12.3. The van der Waals surface area contributed by atoms with Crippen LogP contribution >= 0.6 is 0 Å². The van der Waals surface area contributed by atoms with E-state index >= 15 is 0 Å². The van der Waals surface area contributed by atoms with Crippen LogP contribution in [0.25, 0.3) is 22.0 Å². The fourth-order valence-corrected chi connectivity index (χ4v) is 4.83. The van der Waals surface area contributed by atoms with E-state index in [4.69, 9.17) is 9.84 Å². The summed E-state index contributed by atoms with van der Waals surface area (Å²) in [5, 5.41) is 17.9. The van der Waals surface area contributed by atoms with Gasteiger partial charge in [-0.1, -0.05) is 24.3 Å². The maximum Gasteiger partial charge on any atom is 0.251 e. The van der Waals surface area contributed by atoms with E-state index in [0.29, 0.717) is 6.54 Å². The minimum atomic E-state index is -1.15. The van der Waals surface area contributed by atoms with E-state index in [1.807, 2.05) is 24.3 Å². The summed E-state index contributed by atoms with van der Waals surface area (Å²) < 4.78 is 34.4. The van der Waals surface area contributed by atoms with Gasteiger partial charge in [0.25, 0.3) is 5.91 Å². The van der Waals surface area contributed by atoms with Crippen LogP contribution in [-0.4, -0.2) is 34.4 Å². The number of nitrogens with one attached hydrogen (secondary N) is 1. The number of hydrogen-bond acceptors (Lipinski definition) is 4. The second kappa shape index (κ2) is 9.97. The lowest BCUT2D eigenvalue weighted by molar-refractivity contribution is 0.0940. The summed E-state index contributed by atoms with van der Waals surface area (Å²) in [6.45, 7) is 0.433. The van der Waals surface area contributed by atoms with Gasteiger partial charge in [-0.05, 0) is 73.1 Å². The van der Waals surface area contributed by atoms with Crippen LogP contribution in [0.2, 0.25) is 0 Å². The van der Waals surface area contributed by atoms with Gasteiger partial charge < -0.3 is 15.2 Å². The molecular formula is C28H27F2N3O3. The minimum absolute atomic E-state index is 0.145. The number of carbonyl (C=O) groups excluding carboxylic acids is 1. The highest BCUT2D eigenvalue weighted by Crippen LogP contribution is 2.33. The number of benzene rings is 3. The first kappa shape index (κ1) is 23.8. The van der Waals surface area contributed by atoms with Gasteiger partial charge in [0.2, 0.25) is 0 Å². The van der Waals surface area contributed by atoms with Gasteiger partial charge >= 0.3 is 0 Å². The van der Waals surface area contributed by atoms with Crippen molar-refractivity contribution < 1.29 is 23.4 Å². The number of phenols is 1. The first-order valence-corrected chi connectivity index (χ1v) is 12.0. The van der Waals surface area contributed by atoms with E-state index in [9.17, 15) is 18.7 Å². The number of fused-ring (bicyclic) bond motifs is 1. The van der Waals surface area contributed by atoms with Crippen molar-refractivity contribution in [3.8, 4) is 22.6 Å². The zero-order valence-electron chi connectivity index (χ0n) is 19.9. The standard InChI is InChI=1S/C28H27F2N3O3/c1-36-23-10-6-18(7-11-23)19-4-5-20-16-33(32-26(20)14-19)22-8-2-17(3-9-22)15-31-28(35)21-12-24(29)27(34)25(30)13-21/h4-7,10-14,16-17,22,34H,2-3,8-9,15H2,1H3,(H,31,35). The molecule has 0 spiro atoms. The first-order chi connectivity index (χ1) is 17.4. The molecule has 0 radical (unpaired) electrons. The van der Waals surface area contributed by atoms with Crippen molar-refractivity contribution in [2.24, 2.45) is 5.92 Å². The van der Waals surface area contributed by atoms with Crippen molar-refractivity contribution in [1.82, 2.24) is 15.1 Å². The molecule has 4 aromatic rings. The summed E-state index contributed by atoms with van der Waals surface area (Å²) in [6.07, 6.45) is 5.78. The average molecular weight is 492 g/mol. The van der Waals surface area contributed by atoms with Crippen LogP contribution in [-0.2, 0) is 0 Å². The number of amides is 1. The molecule has 0 atom stereocenters. The number of halogens is 2. The smallest absolute Gasteiger partial charge is 0.251 e. The molecule has 186 valence electrons. The van der Waals surface area contributed by atoms with E-state index in [2.05, 4.69) is 34.4 Å². The van der Waals surface area contributed by atoms with Gasteiger partial charge in [0.05, 0.1) is 18.7 Å². The van der Waals surface area contributed by atoms with Crippen LogP contribution in [0, 0.1) is 17.6 Å². The number of methoxy groups -OCH3 is 1. The zero-order chi connectivity index (χ0) is 25.2. The van der Waals surface area contributed by atoms with Crippen LogP contribution in [0.15, 0.2) is 60.8 Å². The number of carbonyl (C=O) groups is 1. The number of phenolic OH excluding ortho intramolecular Hbond substituents is 1. The number of nitrogens with zero attached hydrogens (tertiary/aromatic N) is 2. The Kier molecular flexibility index (Phi) is 6.59. The molecule has 1 saturated carbocycles. The SMILES string of the molecule is COc1ccc(-c2ccc3cn(C4CCC(CNC(=O)c5cc(F)c(O)c(F)c5)CC4)nc3c2)cc1. The number of rotatable bonds is 6. The van der Waals surface area contributed by atoms with E-state index in [1.165, 1.54) is 0 Å². The third kappa shape index (κ3) is 4.89. The summed E-state index contributed by atoms with van der Waals surface area (Å²) in [5.74, 6) is -2.83. The predicted molar refractivity (Wildman–Crippen MR) is 133 cm³/mol. The van der Waals surface area contributed by atoms with Crippen molar-refractivity contribution in [2.45, 2.75) is 31.7 Å². The summed E-state index contributed by atoms with van der Waals surface area (Å²) in [7, 11) is 1.65. The molecule has 1 aliphatic carbocycles. The fraction of sp³-hybridized carbons (Fsp3) is 0.286. The van der Waals surface area contributed by atoms with Crippen molar-refractivity contribution in [2.75, 3.05) is 13.7 Å². The Morgan fingerprint density at radius 1 is 1.03 bits per heavy atom. The normalized spacial score (nSPS) is 17.8. The van der Waals surface area contributed by atoms with Crippen molar-refractivity contribution in [3.63, 3.8) is 0 Å². The summed E-state index contributed by atoms with van der Waals surface area (Å²) >= 11 is 0. The average Bonchev–Trinajstić information content (AvgIpc) is 3.34. The lowest BCUT2D eigenvalue weighted by atomic mass is 9.86. The molecule has 0 aliphatic heterocycles. The predicted octanol–water partition coefficient (Wildman–Crippen LogP) is 5.86. The van der Waals surface area contributed by atoms with Crippen LogP contribution in [0.3, 0.4) is 0 Å². The number of hydrogen-bond donors (Lipinski definition) is 2. The molecule has 5 rings (SSSR count). The Balaban J connectivity index is 1.18.